The van der Waals surface area contributed by atoms with Crippen molar-refractivity contribution in [1.82, 2.24) is 4.98 Å². The molecule has 0 fully saturated rings. The Morgan fingerprint density at radius 1 is 1.38 bits per heavy atom. The molecule has 6 nitrogen and oxygen atoms in total. The number of pyridine rings is 1. The Balaban J connectivity index is 2.17. The first-order chi connectivity index (χ1) is 9.99. The van der Waals surface area contributed by atoms with E-state index in [2.05, 4.69) is 26.2 Å². The molecule has 21 heavy (non-hydrogen) atoms. The average Bonchev–Trinajstić information content (AvgIpc) is 2.46. The van der Waals surface area contributed by atoms with Crippen molar-refractivity contribution >= 4 is 33.1 Å². The molecule has 0 atom stereocenters. The zero-order valence-corrected chi connectivity index (χ0v) is 13.3. The van der Waals surface area contributed by atoms with E-state index in [9.17, 15) is 10.1 Å². The van der Waals surface area contributed by atoms with E-state index in [4.69, 9.17) is 0 Å². The summed E-state index contributed by atoms with van der Waals surface area (Å²) in [5.74, 6) is 0.823. The number of nitrogens with one attached hydrogen (secondary N) is 1. The van der Waals surface area contributed by atoms with Gasteiger partial charge in [0.25, 0.3) is 5.69 Å². The summed E-state index contributed by atoms with van der Waals surface area (Å²) in [7, 11) is 3.83. The lowest BCUT2D eigenvalue weighted by atomic mass is 10.2. The third kappa shape index (κ3) is 3.69. The van der Waals surface area contributed by atoms with E-state index in [1.807, 2.05) is 37.2 Å². The molecule has 110 valence electrons. The smallest absolute Gasteiger partial charge is 0.283 e. The SMILES string of the molecule is CN(C)c1ncccc1NCc1ccc(Br)c([N+](=O)[O-])c1. The first-order valence-corrected chi connectivity index (χ1v) is 7.07. The Kier molecular flexibility index (Phi) is 4.74. The van der Waals surface area contributed by atoms with Crippen LogP contribution in [0.15, 0.2) is 41.0 Å². The fourth-order valence-corrected chi connectivity index (χ4v) is 2.29. The molecule has 0 saturated heterocycles. The number of hydrogen-bond acceptors (Lipinski definition) is 5. The minimum atomic E-state index is -0.400. The Bertz CT molecular complexity index is 661. The molecule has 0 aliphatic rings. The number of benzene rings is 1. The van der Waals surface area contributed by atoms with Gasteiger partial charge in [-0.05, 0) is 39.7 Å². The predicted octanol–water partition coefficient (Wildman–Crippen LogP) is 3.43. The van der Waals surface area contributed by atoms with Gasteiger partial charge in [0.15, 0.2) is 5.82 Å². The van der Waals surface area contributed by atoms with Gasteiger partial charge in [-0.1, -0.05) is 6.07 Å². The second-order valence-electron chi connectivity index (χ2n) is 4.67. The van der Waals surface area contributed by atoms with Gasteiger partial charge < -0.3 is 10.2 Å². The van der Waals surface area contributed by atoms with Gasteiger partial charge >= 0.3 is 0 Å². The fourth-order valence-electron chi connectivity index (χ4n) is 1.90. The van der Waals surface area contributed by atoms with Crippen molar-refractivity contribution < 1.29 is 4.92 Å². The molecule has 0 aliphatic heterocycles. The molecule has 0 unspecified atom stereocenters. The summed E-state index contributed by atoms with van der Waals surface area (Å²) in [6.07, 6.45) is 1.73. The lowest BCUT2D eigenvalue weighted by molar-refractivity contribution is -0.385. The van der Waals surface area contributed by atoms with Gasteiger partial charge in [0.05, 0.1) is 15.1 Å². The Morgan fingerprint density at radius 3 is 2.81 bits per heavy atom. The zero-order chi connectivity index (χ0) is 15.4. The molecule has 1 heterocycles. The molecule has 0 radical (unpaired) electrons. The maximum Gasteiger partial charge on any atom is 0.283 e. The van der Waals surface area contributed by atoms with Crippen molar-refractivity contribution in [1.29, 1.82) is 0 Å². The van der Waals surface area contributed by atoms with Gasteiger partial charge in [-0.15, -0.1) is 0 Å². The van der Waals surface area contributed by atoms with Gasteiger partial charge in [0, 0.05) is 32.9 Å². The van der Waals surface area contributed by atoms with E-state index in [-0.39, 0.29) is 5.69 Å². The normalized spacial score (nSPS) is 10.2. The average molecular weight is 351 g/mol. The van der Waals surface area contributed by atoms with E-state index < -0.39 is 4.92 Å². The molecule has 1 aromatic carbocycles. The third-order valence-corrected chi connectivity index (χ3v) is 3.57. The third-order valence-electron chi connectivity index (χ3n) is 2.90. The topological polar surface area (TPSA) is 71.3 Å². The minimum Gasteiger partial charge on any atom is -0.378 e. The molecule has 0 bridgehead atoms. The van der Waals surface area contributed by atoms with Crippen molar-refractivity contribution in [2.45, 2.75) is 6.54 Å². The van der Waals surface area contributed by atoms with Gasteiger partial charge in [0.2, 0.25) is 0 Å². The highest BCUT2D eigenvalue weighted by molar-refractivity contribution is 9.10. The summed E-state index contributed by atoms with van der Waals surface area (Å²) >= 11 is 3.18. The molecule has 2 aromatic rings. The van der Waals surface area contributed by atoms with Crippen LogP contribution in [0.2, 0.25) is 0 Å². The van der Waals surface area contributed by atoms with Crippen LogP contribution in [0.3, 0.4) is 0 Å². The number of aromatic nitrogens is 1. The number of rotatable bonds is 5. The van der Waals surface area contributed by atoms with Crippen LogP contribution in [0.5, 0.6) is 0 Å². The Morgan fingerprint density at radius 2 is 2.14 bits per heavy atom. The molecule has 0 saturated carbocycles. The number of anilines is 2. The molecule has 7 heteroatoms. The van der Waals surface area contributed by atoms with Crippen molar-refractivity contribution in [2.24, 2.45) is 0 Å². The van der Waals surface area contributed by atoms with Crippen LogP contribution in [-0.2, 0) is 6.54 Å². The van der Waals surface area contributed by atoms with E-state index in [0.717, 1.165) is 17.1 Å². The molecule has 0 aliphatic carbocycles. The molecule has 0 amide bonds. The van der Waals surface area contributed by atoms with Crippen LogP contribution < -0.4 is 10.2 Å². The number of halogens is 1. The van der Waals surface area contributed by atoms with Crippen LogP contribution in [-0.4, -0.2) is 24.0 Å². The Hall–Kier alpha value is -2.15. The summed E-state index contributed by atoms with van der Waals surface area (Å²) in [6.45, 7) is 0.487. The van der Waals surface area contributed by atoms with Crippen molar-refractivity contribution in [3.05, 3.63) is 56.7 Å². The first-order valence-electron chi connectivity index (χ1n) is 6.28. The molecular formula is C14H15BrN4O2. The van der Waals surface area contributed by atoms with Gasteiger partial charge in [-0.2, -0.15) is 0 Å². The minimum absolute atomic E-state index is 0.0633. The number of hydrogen-bond donors (Lipinski definition) is 1. The summed E-state index contributed by atoms with van der Waals surface area (Å²) in [6, 6.07) is 8.86. The van der Waals surface area contributed by atoms with Gasteiger partial charge in [-0.3, -0.25) is 10.1 Å². The van der Waals surface area contributed by atoms with Crippen LogP contribution >= 0.6 is 15.9 Å². The predicted molar refractivity (Wildman–Crippen MR) is 86.7 cm³/mol. The molecule has 1 aromatic heterocycles. The Labute approximate surface area is 131 Å². The summed E-state index contributed by atoms with van der Waals surface area (Å²) in [5, 5.41) is 14.2. The van der Waals surface area contributed by atoms with Gasteiger partial charge in [0.1, 0.15) is 0 Å². The lowest BCUT2D eigenvalue weighted by Gasteiger charge is -2.16. The number of nitro benzene ring substituents is 1. The monoisotopic (exact) mass is 350 g/mol. The maximum absolute atomic E-state index is 10.9. The quantitative estimate of drug-likeness (QED) is 0.660. The van der Waals surface area contributed by atoms with Crippen LogP contribution in [0.25, 0.3) is 0 Å². The first kappa shape index (κ1) is 15.2. The summed E-state index contributed by atoms with van der Waals surface area (Å²) < 4.78 is 0.478. The molecule has 0 spiro atoms. The largest absolute Gasteiger partial charge is 0.378 e. The number of nitro groups is 1. The van der Waals surface area contributed by atoms with Crippen LogP contribution in [0.1, 0.15) is 5.56 Å². The molecular weight excluding hydrogens is 336 g/mol. The van der Waals surface area contributed by atoms with E-state index in [1.54, 1.807) is 18.3 Å². The fraction of sp³-hybridized carbons (Fsp3) is 0.214. The summed E-state index contributed by atoms with van der Waals surface area (Å²) in [4.78, 5) is 16.7. The summed E-state index contributed by atoms with van der Waals surface area (Å²) in [5.41, 5.74) is 1.78. The second kappa shape index (κ2) is 6.53. The zero-order valence-electron chi connectivity index (χ0n) is 11.7. The highest BCUT2D eigenvalue weighted by Gasteiger charge is 2.12. The highest BCUT2D eigenvalue weighted by Crippen LogP contribution is 2.27. The lowest BCUT2D eigenvalue weighted by Crippen LogP contribution is -2.13. The number of nitrogens with zero attached hydrogens (tertiary/aromatic N) is 3. The van der Waals surface area contributed by atoms with E-state index in [1.165, 1.54) is 0 Å². The van der Waals surface area contributed by atoms with E-state index >= 15 is 0 Å². The maximum atomic E-state index is 10.9. The van der Waals surface area contributed by atoms with Crippen LogP contribution in [0, 0.1) is 10.1 Å². The van der Waals surface area contributed by atoms with Crippen molar-refractivity contribution in [3.8, 4) is 0 Å². The standard InChI is InChI=1S/C14H15BrN4O2/c1-18(2)14-12(4-3-7-16-14)17-9-10-5-6-11(15)13(8-10)19(20)21/h3-8,17H,9H2,1-2H3. The van der Waals surface area contributed by atoms with Crippen LogP contribution in [0.4, 0.5) is 17.2 Å². The van der Waals surface area contributed by atoms with Gasteiger partial charge in [-0.25, -0.2) is 4.98 Å². The highest BCUT2D eigenvalue weighted by atomic mass is 79.9. The molecule has 2 rings (SSSR count). The second-order valence-corrected chi connectivity index (χ2v) is 5.52. The van der Waals surface area contributed by atoms with Crippen molar-refractivity contribution in [3.63, 3.8) is 0 Å². The molecule has 1 N–H and O–H groups in total. The van der Waals surface area contributed by atoms with E-state index in [0.29, 0.717) is 11.0 Å². The van der Waals surface area contributed by atoms with Crippen molar-refractivity contribution in [2.75, 3.05) is 24.3 Å².